The standard InChI is InChI=1S/C18H27N3O3/c1-12-3-4-17(23-6-5-19)16(7-12)18(22)20-14-8-15-11-24-13(2)9-21(15)10-14/h3-4,7,13-15H,5-6,8-11,19H2,1-2H3,(H,20,22)/t13-,14-,15+/m1/s1. The van der Waals surface area contributed by atoms with Crippen molar-refractivity contribution in [3.05, 3.63) is 29.3 Å². The normalized spacial score (nSPS) is 26.9. The SMILES string of the molecule is Cc1ccc(OCCN)c(C(=O)N[C@@H]2C[C@H]3CO[C@H](C)CN3C2)c1. The molecular formula is C18H27N3O3. The molecule has 2 fully saturated rings. The molecule has 0 aliphatic carbocycles. The van der Waals surface area contributed by atoms with Gasteiger partial charge in [0.2, 0.25) is 0 Å². The van der Waals surface area contributed by atoms with Gasteiger partial charge in [-0.3, -0.25) is 9.69 Å². The van der Waals surface area contributed by atoms with Gasteiger partial charge in [0.25, 0.3) is 5.91 Å². The van der Waals surface area contributed by atoms with E-state index in [1.807, 2.05) is 25.1 Å². The molecule has 0 radical (unpaired) electrons. The lowest BCUT2D eigenvalue weighted by Gasteiger charge is -2.33. The van der Waals surface area contributed by atoms with Crippen molar-refractivity contribution in [2.45, 2.75) is 38.5 Å². The Morgan fingerprint density at radius 2 is 2.29 bits per heavy atom. The molecule has 6 nitrogen and oxygen atoms in total. The van der Waals surface area contributed by atoms with E-state index >= 15 is 0 Å². The monoisotopic (exact) mass is 333 g/mol. The topological polar surface area (TPSA) is 76.8 Å². The van der Waals surface area contributed by atoms with E-state index < -0.39 is 0 Å². The van der Waals surface area contributed by atoms with Crippen LogP contribution in [-0.4, -0.2) is 61.8 Å². The van der Waals surface area contributed by atoms with Gasteiger partial charge < -0.3 is 20.5 Å². The summed E-state index contributed by atoms with van der Waals surface area (Å²) in [6, 6.07) is 6.22. The van der Waals surface area contributed by atoms with Gasteiger partial charge in [-0.15, -0.1) is 0 Å². The van der Waals surface area contributed by atoms with Crippen LogP contribution in [0, 0.1) is 6.92 Å². The highest BCUT2D eigenvalue weighted by Gasteiger charge is 2.37. The Morgan fingerprint density at radius 1 is 1.46 bits per heavy atom. The van der Waals surface area contributed by atoms with Gasteiger partial charge in [0.1, 0.15) is 12.4 Å². The molecule has 0 saturated carbocycles. The van der Waals surface area contributed by atoms with E-state index in [2.05, 4.69) is 17.1 Å². The number of nitrogens with two attached hydrogens (primary N) is 1. The number of nitrogens with one attached hydrogen (secondary N) is 1. The Hall–Kier alpha value is -1.63. The Kier molecular flexibility index (Phi) is 5.38. The molecule has 1 aromatic rings. The number of morpholine rings is 1. The Bertz CT molecular complexity index is 593. The van der Waals surface area contributed by atoms with Gasteiger partial charge in [-0.1, -0.05) is 11.6 Å². The fourth-order valence-corrected chi connectivity index (χ4v) is 3.52. The molecule has 6 heteroatoms. The van der Waals surface area contributed by atoms with Crippen LogP contribution in [0.25, 0.3) is 0 Å². The van der Waals surface area contributed by atoms with Gasteiger partial charge in [0, 0.05) is 31.7 Å². The molecule has 3 rings (SSSR count). The molecule has 2 aliphatic rings. The summed E-state index contributed by atoms with van der Waals surface area (Å²) in [5.41, 5.74) is 7.11. The summed E-state index contributed by atoms with van der Waals surface area (Å²) in [5, 5.41) is 3.16. The number of fused-ring (bicyclic) bond motifs is 1. The predicted molar refractivity (Wildman–Crippen MR) is 92.4 cm³/mol. The second-order valence-corrected chi connectivity index (χ2v) is 6.79. The van der Waals surface area contributed by atoms with E-state index in [0.717, 1.165) is 31.7 Å². The quantitative estimate of drug-likeness (QED) is 0.838. The van der Waals surface area contributed by atoms with Gasteiger partial charge in [0.05, 0.1) is 18.3 Å². The first-order valence-corrected chi connectivity index (χ1v) is 8.67. The molecule has 2 heterocycles. The second-order valence-electron chi connectivity index (χ2n) is 6.79. The molecule has 3 N–H and O–H groups in total. The first-order chi connectivity index (χ1) is 11.6. The summed E-state index contributed by atoms with van der Waals surface area (Å²) < 4.78 is 11.3. The van der Waals surface area contributed by atoms with Crippen LogP contribution >= 0.6 is 0 Å². The minimum atomic E-state index is -0.0791. The van der Waals surface area contributed by atoms with Crippen LogP contribution in [0.4, 0.5) is 0 Å². The Labute approximate surface area is 143 Å². The van der Waals surface area contributed by atoms with Crippen LogP contribution in [0.5, 0.6) is 5.75 Å². The van der Waals surface area contributed by atoms with E-state index in [9.17, 15) is 4.79 Å². The summed E-state index contributed by atoms with van der Waals surface area (Å²) in [6.07, 6.45) is 1.20. The molecular weight excluding hydrogens is 306 g/mol. The fourth-order valence-electron chi connectivity index (χ4n) is 3.52. The molecule has 0 bridgehead atoms. The van der Waals surface area contributed by atoms with Crippen LogP contribution in [0.15, 0.2) is 18.2 Å². The maximum atomic E-state index is 12.7. The third-order valence-electron chi connectivity index (χ3n) is 4.68. The van der Waals surface area contributed by atoms with Gasteiger partial charge >= 0.3 is 0 Å². The summed E-state index contributed by atoms with van der Waals surface area (Å²) in [4.78, 5) is 15.2. The van der Waals surface area contributed by atoms with E-state index in [1.165, 1.54) is 0 Å². The summed E-state index contributed by atoms with van der Waals surface area (Å²) >= 11 is 0. The first kappa shape index (κ1) is 17.2. The number of rotatable bonds is 5. The zero-order valence-corrected chi connectivity index (χ0v) is 14.5. The van der Waals surface area contributed by atoms with Crippen molar-refractivity contribution in [1.29, 1.82) is 0 Å². The van der Waals surface area contributed by atoms with Crippen LogP contribution in [0.3, 0.4) is 0 Å². The molecule has 1 amide bonds. The van der Waals surface area contributed by atoms with Gasteiger partial charge in [0.15, 0.2) is 0 Å². The summed E-state index contributed by atoms with van der Waals surface area (Å²) in [5.74, 6) is 0.515. The van der Waals surface area contributed by atoms with Crippen molar-refractivity contribution < 1.29 is 14.3 Å². The van der Waals surface area contributed by atoms with Crippen LogP contribution in [0.1, 0.15) is 29.3 Å². The number of carbonyl (C=O) groups excluding carboxylic acids is 1. The number of nitrogens with zero attached hydrogens (tertiary/aromatic N) is 1. The van der Waals surface area contributed by atoms with E-state index in [-0.39, 0.29) is 18.1 Å². The molecule has 2 aliphatic heterocycles. The Balaban J connectivity index is 1.66. The highest BCUT2D eigenvalue weighted by molar-refractivity contribution is 5.97. The zero-order valence-electron chi connectivity index (χ0n) is 14.5. The average molecular weight is 333 g/mol. The molecule has 132 valence electrons. The third-order valence-corrected chi connectivity index (χ3v) is 4.68. The van der Waals surface area contributed by atoms with Gasteiger partial charge in [-0.25, -0.2) is 0 Å². The maximum Gasteiger partial charge on any atom is 0.255 e. The van der Waals surface area contributed by atoms with Crippen LogP contribution < -0.4 is 15.8 Å². The van der Waals surface area contributed by atoms with E-state index in [0.29, 0.717) is 30.5 Å². The van der Waals surface area contributed by atoms with Crippen molar-refractivity contribution in [2.24, 2.45) is 5.73 Å². The first-order valence-electron chi connectivity index (χ1n) is 8.67. The number of amides is 1. The van der Waals surface area contributed by atoms with Gasteiger partial charge in [-0.2, -0.15) is 0 Å². The average Bonchev–Trinajstić information content (AvgIpc) is 2.94. The lowest BCUT2D eigenvalue weighted by atomic mass is 10.1. The van der Waals surface area contributed by atoms with Crippen LogP contribution in [0.2, 0.25) is 0 Å². The lowest BCUT2D eigenvalue weighted by Crippen LogP contribution is -2.45. The van der Waals surface area contributed by atoms with Gasteiger partial charge in [-0.05, 0) is 32.4 Å². The van der Waals surface area contributed by atoms with Crippen molar-refractivity contribution >= 4 is 5.91 Å². The number of hydrogen-bond acceptors (Lipinski definition) is 5. The smallest absolute Gasteiger partial charge is 0.255 e. The molecule has 3 atom stereocenters. The summed E-state index contributed by atoms with van der Waals surface area (Å²) in [7, 11) is 0. The van der Waals surface area contributed by atoms with Crippen molar-refractivity contribution in [3.63, 3.8) is 0 Å². The van der Waals surface area contributed by atoms with E-state index in [1.54, 1.807) is 0 Å². The van der Waals surface area contributed by atoms with E-state index in [4.69, 9.17) is 15.2 Å². The minimum absolute atomic E-state index is 0.0791. The number of ether oxygens (including phenoxy) is 2. The largest absolute Gasteiger partial charge is 0.491 e. The maximum absolute atomic E-state index is 12.7. The molecule has 1 aromatic carbocycles. The molecule has 24 heavy (non-hydrogen) atoms. The lowest BCUT2D eigenvalue weighted by molar-refractivity contribution is -0.0390. The minimum Gasteiger partial charge on any atom is -0.491 e. The highest BCUT2D eigenvalue weighted by atomic mass is 16.5. The molecule has 0 spiro atoms. The fraction of sp³-hybridized carbons (Fsp3) is 0.611. The Morgan fingerprint density at radius 3 is 3.08 bits per heavy atom. The number of aryl methyl sites for hydroxylation is 1. The zero-order chi connectivity index (χ0) is 17.1. The number of benzene rings is 1. The van der Waals surface area contributed by atoms with Crippen molar-refractivity contribution in [2.75, 3.05) is 32.8 Å². The highest BCUT2D eigenvalue weighted by Crippen LogP contribution is 2.25. The molecule has 0 unspecified atom stereocenters. The predicted octanol–water partition coefficient (Wildman–Crippen LogP) is 0.924. The third kappa shape index (κ3) is 3.88. The van der Waals surface area contributed by atoms with Crippen molar-refractivity contribution in [1.82, 2.24) is 10.2 Å². The van der Waals surface area contributed by atoms with Crippen LogP contribution in [-0.2, 0) is 4.74 Å². The second kappa shape index (κ2) is 7.51. The summed E-state index contributed by atoms with van der Waals surface area (Å²) in [6.45, 7) is 7.46. The number of hydrogen-bond donors (Lipinski definition) is 2. The molecule has 2 saturated heterocycles. The number of carbonyl (C=O) groups is 1. The molecule has 0 aromatic heterocycles. The van der Waals surface area contributed by atoms with Crippen molar-refractivity contribution in [3.8, 4) is 5.75 Å².